The van der Waals surface area contributed by atoms with Gasteiger partial charge in [0.1, 0.15) is 0 Å². The summed E-state index contributed by atoms with van der Waals surface area (Å²) in [6.45, 7) is 0. The maximum atomic E-state index is 12.5. The van der Waals surface area contributed by atoms with Crippen molar-refractivity contribution in [2.75, 3.05) is 11.1 Å². The van der Waals surface area contributed by atoms with Crippen LogP contribution in [0.15, 0.2) is 18.2 Å². The number of nitrogens with one attached hydrogen (secondary N) is 1. The molecule has 0 heterocycles. The van der Waals surface area contributed by atoms with Gasteiger partial charge in [0, 0.05) is 11.6 Å². The maximum Gasteiger partial charge on any atom is 0.227 e. The van der Waals surface area contributed by atoms with Crippen LogP contribution in [0.2, 0.25) is 5.02 Å². The van der Waals surface area contributed by atoms with Crippen molar-refractivity contribution in [1.82, 2.24) is 0 Å². The summed E-state index contributed by atoms with van der Waals surface area (Å²) in [5, 5.41) is 3.49. The normalized spacial score (nSPS) is 28.7. The number of benzene rings is 1. The Labute approximate surface area is 131 Å². The van der Waals surface area contributed by atoms with Crippen molar-refractivity contribution in [3.8, 4) is 0 Å². The zero-order valence-corrected chi connectivity index (χ0v) is 13.0. The van der Waals surface area contributed by atoms with Crippen molar-refractivity contribution in [3.63, 3.8) is 0 Å². The molecule has 3 unspecified atom stereocenters. The Morgan fingerprint density at radius 2 is 1.90 bits per heavy atom. The van der Waals surface area contributed by atoms with Gasteiger partial charge in [0.15, 0.2) is 0 Å². The minimum Gasteiger partial charge on any atom is -0.398 e. The number of hydrogen-bond acceptors (Lipinski definition) is 2. The fraction of sp³-hybridized carbons (Fsp3) is 0.588. The molecule has 4 heteroatoms. The van der Waals surface area contributed by atoms with E-state index in [2.05, 4.69) is 5.32 Å². The second-order valence-electron chi connectivity index (χ2n) is 6.54. The van der Waals surface area contributed by atoms with Crippen molar-refractivity contribution < 1.29 is 4.79 Å². The van der Waals surface area contributed by atoms with Crippen molar-refractivity contribution in [2.24, 2.45) is 17.8 Å². The first-order valence-corrected chi connectivity index (χ1v) is 8.37. The maximum absolute atomic E-state index is 12.5. The zero-order valence-electron chi connectivity index (χ0n) is 12.3. The molecule has 1 aromatic rings. The van der Waals surface area contributed by atoms with Crippen LogP contribution in [0.1, 0.15) is 44.9 Å². The van der Waals surface area contributed by atoms with Gasteiger partial charge in [0.25, 0.3) is 0 Å². The molecule has 0 aliphatic heterocycles. The van der Waals surface area contributed by atoms with Crippen LogP contribution in [0.25, 0.3) is 0 Å². The van der Waals surface area contributed by atoms with Crippen LogP contribution in [-0.4, -0.2) is 5.91 Å². The lowest BCUT2D eigenvalue weighted by Gasteiger charge is -2.38. The summed E-state index contributed by atoms with van der Waals surface area (Å²) in [7, 11) is 0. The molecular formula is C17H23ClN2O. The molecule has 0 radical (unpaired) electrons. The van der Waals surface area contributed by atoms with Crippen molar-refractivity contribution >= 4 is 28.9 Å². The van der Waals surface area contributed by atoms with Crippen LogP contribution in [-0.2, 0) is 4.79 Å². The van der Waals surface area contributed by atoms with E-state index in [9.17, 15) is 4.79 Å². The monoisotopic (exact) mass is 306 g/mol. The highest BCUT2D eigenvalue weighted by Gasteiger charge is 2.34. The third-order valence-corrected chi connectivity index (χ3v) is 5.51. The molecule has 0 aromatic heterocycles. The topological polar surface area (TPSA) is 55.1 Å². The number of carbonyl (C=O) groups excluding carboxylic acids is 1. The molecule has 114 valence electrons. The number of nitrogen functional groups attached to an aromatic ring is 1. The summed E-state index contributed by atoms with van der Waals surface area (Å²) >= 11 is 6.00. The number of rotatable bonds is 2. The molecule has 1 aromatic carbocycles. The zero-order chi connectivity index (χ0) is 14.8. The lowest BCUT2D eigenvalue weighted by atomic mass is 9.67. The minimum absolute atomic E-state index is 0.139. The molecule has 0 bridgehead atoms. The van der Waals surface area contributed by atoms with E-state index < -0.39 is 0 Å². The van der Waals surface area contributed by atoms with E-state index in [4.69, 9.17) is 17.3 Å². The number of nitrogens with two attached hydrogens (primary N) is 1. The molecule has 2 fully saturated rings. The molecular weight excluding hydrogens is 284 g/mol. The number of fused-ring (bicyclic) bond motifs is 1. The van der Waals surface area contributed by atoms with Crippen LogP contribution < -0.4 is 11.1 Å². The molecule has 3 rings (SSSR count). The van der Waals surface area contributed by atoms with E-state index in [1.165, 1.54) is 32.1 Å². The van der Waals surface area contributed by atoms with E-state index in [-0.39, 0.29) is 11.8 Å². The average molecular weight is 307 g/mol. The fourth-order valence-electron chi connectivity index (χ4n) is 3.96. The average Bonchev–Trinajstić information content (AvgIpc) is 2.50. The van der Waals surface area contributed by atoms with Crippen molar-refractivity contribution in [2.45, 2.75) is 44.9 Å². The van der Waals surface area contributed by atoms with Crippen LogP contribution in [0.4, 0.5) is 11.4 Å². The molecule has 2 aliphatic carbocycles. The first-order valence-electron chi connectivity index (χ1n) is 7.99. The van der Waals surface area contributed by atoms with Crippen LogP contribution in [0.5, 0.6) is 0 Å². The van der Waals surface area contributed by atoms with Gasteiger partial charge in [-0.25, -0.2) is 0 Å². The SMILES string of the molecule is Nc1ccc(NC(=O)C2CCC3CCCCC3C2)cc1Cl. The second kappa shape index (κ2) is 6.27. The molecule has 3 nitrogen and oxygen atoms in total. The summed E-state index contributed by atoms with van der Waals surface area (Å²) in [6.07, 6.45) is 8.68. The van der Waals surface area contributed by atoms with E-state index in [0.717, 1.165) is 30.4 Å². The number of amides is 1. The Balaban J connectivity index is 1.61. The quantitative estimate of drug-likeness (QED) is 0.792. The van der Waals surface area contributed by atoms with Gasteiger partial charge in [-0.2, -0.15) is 0 Å². The number of halogens is 1. The van der Waals surface area contributed by atoms with Crippen LogP contribution >= 0.6 is 11.6 Å². The standard InChI is InChI=1S/C17H23ClN2O/c18-15-10-14(7-8-16(15)19)20-17(21)13-6-5-11-3-1-2-4-12(11)9-13/h7-8,10-13H,1-6,9,19H2,(H,20,21). The summed E-state index contributed by atoms with van der Waals surface area (Å²) in [5.74, 6) is 1.92. The Bertz CT molecular complexity index is 532. The summed E-state index contributed by atoms with van der Waals surface area (Å²) in [6, 6.07) is 5.27. The van der Waals surface area contributed by atoms with Gasteiger partial charge in [-0.15, -0.1) is 0 Å². The molecule has 0 saturated heterocycles. The van der Waals surface area contributed by atoms with Gasteiger partial charge in [-0.05, 0) is 49.3 Å². The molecule has 0 spiro atoms. The highest BCUT2D eigenvalue weighted by atomic mass is 35.5. The third-order valence-electron chi connectivity index (χ3n) is 5.18. The molecule has 21 heavy (non-hydrogen) atoms. The van der Waals surface area contributed by atoms with Crippen molar-refractivity contribution in [1.29, 1.82) is 0 Å². The lowest BCUT2D eigenvalue weighted by Crippen LogP contribution is -2.33. The first kappa shape index (κ1) is 14.7. The summed E-state index contributed by atoms with van der Waals surface area (Å²) in [4.78, 5) is 12.5. The highest BCUT2D eigenvalue weighted by Crippen LogP contribution is 2.42. The van der Waals surface area contributed by atoms with Crippen LogP contribution in [0, 0.1) is 17.8 Å². The predicted octanol–water partition coefficient (Wildman–Crippen LogP) is 4.47. The van der Waals surface area contributed by atoms with E-state index in [1.807, 2.05) is 6.07 Å². The summed E-state index contributed by atoms with van der Waals surface area (Å²) in [5.41, 5.74) is 6.97. The third kappa shape index (κ3) is 3.34. The fourth-order valence-corrected chi connectivity index (χ4v) is 4.14. The Hall–Kier alpha value is -1.22. The lowest BCUT2D eigenvalue weighted by molar-refractivity contribution is -0.122. The predicted molar refractivity (Wildman–Crippen MR) is 87.3 cm³/mol. The first-order chi connectivity index (χ1) is 10.1. The van der Waals surface area contributed by atoms with E-state index >= 15 is 0 Å². The van der Waals surface area contributed by atoms with Gasteiger partial charge in [0.2, 0.25) is 5.91 Å². The molecule has 3 N–H and O–H groups in total. The minimum atomic E-state index is 0.139. The van der Waals surface area contributed by atoms with Gasteiger partial charge < -0.3 is 11.1 Å². The molecule has 3 atom stereocenters. The van der Waals surface area contributed by atoms with Gasteiger partial charge in [-0.3, -0.25) is 4.79 Å². The van der Waals surface area contributed by atoms with E-state index in [1.54, 1.807) is 12.1 Å². The summed E-state index contributed by atoms with van der Waals surface area (Å²) < 4.78 is 0. The van der Waals surface area contributed by atoms with Gasteiger partial charge in [-0.1, -0.05) is 37.3 Å². The van der Waals surface area contributed by atoms with Crippen LogP contribution in [0.3, 0.4) is 0 Å². The number of carbonyl (C=O) groups is 1. The Kier molecular flexibility index (Phi) is 4.39. The highest BCUT2D eigenvalue weighted by molar-refractivity contribution is 6.33. The Morgan fingerprint density at radius 1 is 1.14 bits per heavy atom. The van der Waals surface area contributed by atoms with Gasteiger partial charge in [0.05, 0.1) is 10.7 Å². The number of anilines is 2. The Morgan fingerprint density at radius 3 is 2.67 bits per heavy atom. The smallest absolute Gasteiger partial charge is 0.227 e. The molecule has 2 aliphatic rings. The molecule has 1 amide bonds. The second-order valence-corrected chi connectivity index (χ2v) is 6.95. The van der Waals surface area contributed by atoms with E-state index in [0.29, 0.717) is 10.7 Å². The number of hydrogen-bond donors (Lipinski definition) is 2. The van der Waals surface area contributed by atoms with Gasteiger partial charge >= 0.3 is 0 Å². The molecule has 2 saturated carbocycles. The van der Waals surface area contributed by atoms with Crippen molar-refractivity contribution in [3.05, 3.63) is 23.2 Å². The largest absolute Gasteiger partial charge is 0.398 e.